The molecule has 0 N–H and O–H groups in total. The van der Waals surface area contributed by atoms with Crippen molar-refractivity contribution in [2.75, 3.05) is 0 Å². The third-order valence-electron chi connectivity index (χ3n) is 3.11. The first-order valence-electron chi connectivity index (χ1n) is 5.60. The number of rotatable bonds is 3. The van der Waals surface area contributed by atoms with E-state index in [0.717, 1.165) is 18.6 Å². The second kappa shape index (κ2) is 4.78. The molecule has 0 atom stereocenters. The summed E-state index contributed by atoms with van der Waals surface area (Å²) in [6.07, 6.45) is 10.5. The van der Waals surface area contributed by atoms with Crippen molar-refractivity contribution in [3.63, 3.8) is 0 Å². The van der Waals surface area contributed by atoms with Crippen molar-refractivity contribution < 1.29 is 4.79 Å². The van der Waals surface area contributed by atoms with Gasteiger partial charge in [0.05, 0.1) is 0 Å². The van der Waals surface area contributed by atoms with Crippen LogP contribution in [0.5, 0.6) is 0 Å². The lowest BCUT2D eigenvalue weighted by atomic mass is 9.81. The van der Waals surface area contributed by atoms with Gasteiger partial charge in [-0.05, 0) is 12.3 Å². The van der Waals surface area contributed by atoms with Crippen LogP contribution in [0.1, 0.15) is 58.8 Å². The lowest BCUT2D eigenvalue weighted by Crippen LogP contribution is -2.18. The Labute approximate surface area is 81.9 Å². The van der Waals surface area contributed by atoms with Gasteiger partial charge in [-0.1, -0.05) is 52.4 Å². The predicted octanol–water partition coefficient (Wildman–Crippen LogP) is 3.57. The largest absolute Gasteiger partial charge is 0.303 e. The summed E-state index contributed by atoms with van der Waals surface area (Å²) in [5.41, 5.74) is -0.0883. The van der Waals surface area contributed by atoms with E-state index < -0.39 is 0 Å². The van der Waals surface area contributed by atoms with Gasteiger partial charge in [-0.3, -0.25) is 0 Å². The topological polar surface area (TPSA) is 17.1 Å². The first-order valence-corrected chi connectivity index (χ1v) is 5.60. The minimum absolute atomic E-state index is 0.0883. The van der Waals surface area contributed by atoms with Gasteiger partial charge in [-0.2, -0.15) is 0 Å². The molecule has 0 saturated heterocycles. The van der Waals surface area contributed by atoms with Crippen LogP contribution in [-0.2, 0) is 4.79 Å². The molecule has 1 aliphatic rings. The molecule has 0 aliphatic heterocycles. The van der Waals surface area contributed by atoms with Crippen molar-refractivity contribution >= 4 is 6.29 Å². The standard InChI is InChI=1S/C12H22O/c1-12(2,10-13)9-11-7-5-3-4-6-8-11/h10-11H,3-9H2,1-2H3. The molecule has 0 aromatic rings. The van der Waals surface area contributed by atoms with E-state index in [1.807, 2.05) is 0 Å². The molecule has 13 heavy (non-hydrogen) atoms. The Bertz CT molecular complexity index is 153. The van der Waals surface area contributed by atoms with Crippen LogP contribution in [0, 0.1) is 11.3 Å². The van der Waals surface area contributed by atoms with Gasteiger partial charge in [-0.15, -0.1) is 0 Å². The summed E-state index contributed by atoms with van der Waals surface area (Å²) < 4.78 is 0. The molecule has 1 rings (SSSR count). The Balaban J connectivity index is 2.37. The van der Waals surface area contributed by atoms with Crippen LogP contribution in [0.15, 0.2) is 0 Å². The molecule has 0 amide bonds. The maximum atomic E-state index is 10.8. The molecule has 0 spiro atoms. The fraction of sp³-hybridized carbons (Fsp3) is 0.917. The van der Waals surface area contributed by atoms with E-state index in [9.17, 15) is 4.79 Å². The quantitative estimate of drug-likeness (QED) is 0.481. The molecule has 0 heterocycles. The van der Waals surface area contributed by atoms with Gasteiger partial charge in [0.25, 0.3) is 0 Å². The normalized spacial score (nSPS) is 21.1. The van der Waals surface area contributed by atoms with Crippen molar-refractivity contribution in [2.24, 2.45) is 11.3 Å². The monoisotopic (exact) mass is 182 g/mol. The van der Waals surface area contributed by atoms with Crippen LogP contribution in [0.3, 0.4) is 0 Å². The molecule has 0 aromatic carbocycles. The fourth-order valence-corrected chi connectivity index (χ4v) is 2.36. The number of carbonyl (C=O) groups excluding carboxylic acids is 1. The SMILES string of the molecule is CC(C)(C=O)CC1CCCCCC1. The average molecular weight is 182 g/mol. The number of hydrogen-bond acceptors (Lipinski definition) is 1. The lowest BCUT2D eigenvalue weighted by Gasteiger charge is -2.23. The van der Waals surface area contributed by atoms with Crippen LogP contribution in [-0.4, -0.2) is 6.29 Å². The van der Waals surface area contributed by atoms with Gasteiger partial charge in [0.2, 0.25) is 0 Å². The Morgan fingerprint density at radius 1 is 1.15 bits per heavy atom. The highest BCUT2D eigenvalue weighted by Crippen LogP contribution is 2.32. The van der Waals surface area contributed by atoms with E-state index >= 15 is 0 Å². The molecule has 1 nitrogen and oxygen atoms in total. The molecular weight excluding hydrogens is 160 g/mol. The van der Waals surface area contributed by atoms with E-state index in [1.54, 1.807) is 0 Å². The van der Waals surface area contributed by atoms with Crippen LogP contribution >= 0.6 is 0 Å². The Morgan fingerprint density at radius 3 is 2.15 bits per heavy atom. The molecule has 1 heteroatoms. The molecule has 1 aliphatic carbocycles. The zero-order valence-electron chi connectivity index (χ0n) is 9.01. The number of aldehydes is 1. The number of hydrogen-bond donors (Lipinski definition) is 0. The summed E-state index contributed by atoms with van der Waals surface area (Å²) in [6.45, 7) is 4.12. The molecule has 0 bridgehead atoms. The molecule has 1 fully saturated rings. The minimum atomic E-state index is -0.0883. The van der Waals surface area contributed by atoms with E-state index in [-0.39, 0.29) is 5.41 Å². The van der Waals surface area contributed by atoms with Crippen LogP contribution in [0.4, 0.5) is 0 Å². The minimum Gasteiger partial charge on any atom is -0.303 e. The maximum absolute atomic E-state index is 10.8. The second-order valence-electron chi connectivity index (χ2n) is 5.17. The van der Waals surface area contributed by atoms with Crippen LogP contribution < -0.4 is 0 Å². The highest BCUT2D eigenvalue weighted by atomic mass is 16.1. The summed E-state index contributed by atoms with van der Waals surface area (Å²) in [5.74, 6) is 0.808. The van der Waals surface area contributed by atoms with Crippen molar-refractivity contribution in [3.05, 3.63) is 0 Å². The van der Waals surface area contributed by atoms with Gasteiger partial charge in [0.1, 0.15) is 6.29 Å². The van der Waals surface area contributed by atoms with Crippen molar-refractivity contribution in [1.29, 1.82) is 0 Å². The van der Waals surface area contributed by atoms with E-state index in [1.165, 1.54) is 38.5 Å². The summed E-state index contributed by atoms with van der Waals surface area (Å²) in [5, 5.41) is 0. The van der Waals surface area contributed by atoms with Crippen LogP contribution in [0.2, 0.25) is 0 Å². The summed E-state index contributed by atoms with van der Waals surface area (Å²) in [6, 6.07) is 0. The molecule has 76 valence electrons. The van der Waals surface area contributed by atoms with Crippen molar-refractivity contribution in [3.8, 4) is 0 Å². The zero-order chi connectivity index (χ0) is 9.73. The third-order valence-corrected chi connectivity index (χ3v) is 3.11. The zero-order valence-corrected chi connectivity index (χ0v) is 9.01. The van der Waals surface area contributed by atoms with Gasteiger partial charge >= 0.3 is 0 Å². The predicted molar refractivity (Wildman–Crippen MR) is 55.7 cm³/mol. The van der Waals surface area contributed by atoms with Gasteiger partial charge in [0.15, 0.2) is 0 Å². The fourth-order valence-electron chi connectivity index (χ4n) is 2.36. The Kier molecular flexibility index (Phi) is 3.95. The van der Waals surface area contributed by atoms with Crippen LogP contribution in [0.25, 0.3) is 0 Å². The van der Waals surface area contributed by atoms with Crippen molar-refractivity contribution in [2.45, 2.75) is 58.8 Å². The van der Waals surface area contributed by atoms with E-state index in [0.29, 0.717) is 0 Å². The van der Waals surface area contributed by atoms with Gasteiger partial charge < -0.3 is 4.79 Å². The second-order valence-corrected chi connectivity index (χ2v) is 5.17. The first kappa shape index (κ1) is 10.7. The number of carbonyl (C=O) groups is 1. The Hall–Kier alpha value is -0.330. The van der Waals surface area contributed by atoms with E-state index in [2.05, 4.69) is 13.8 Å². The molecular formula is C12H22O. The average Bonchev–Trinajstić information content (AvgIpc) is 2.32. The lowest BCUT2D eigenvalue weighted by molar-refractivity contribution is -0.115. The molecule has 0 aromatic heterocycles. The molecule has 0 unspecified atom stereocenters. The first-order chi connectivity index (χ1) is 6.14. The molecule has 0 radical (unpaired) electrons. The summed E-state index contributed by atoms with van der Waals surface area (Å²) in [7, 11) is 0. The van der Waals surface area contributed by atoms with Gasteiger partial charge in [0, 0.05) is 5.41 Å². The molecule has 1 saturated carbocycles. The Morgan fingerprint density at radius 2 is 1.69 bits per heavy atom. The highest BCUT2D eigenvalue weighted by Gasteiger charge is 2.23. The highest BCUT2D eigenvalue weighted by molar-refractivity contribution is 5.57. The summed E-state index contributed by atoms with van der Waals surface area (Å²) in [4.78, 5) is 10.8. The van der Waals surface area contributed by atoms with Gasteiger partial charge in [-0.25, -0.2) is 0 Å². The summed E-state index contributed by atoms with van der Waals surface area (Å²) >= 11 is 0. The van der Waals surface area contributed by atoms with E-state index in [4.69, 9.17) is 0 Å². The smallest absolute Gasteiger partial charge is 0.125 e. The third kappa shape index (κ3) is 3.93. The maximum Gasteiger partial charge on any atom is 0.125 e. The van der Waals surface area contributed by atoms with Crippen molar-refractivity contribution in [1.82, 2.24) is 0 Å².